The van der Waals surface area contributed by atoms with E-state index in [1.807, 2.05) is 31.2 Å². The molecule has 3 aromatic carbocycles. The van der Waals surface area contributed by atoms with Gasteiger partial charge in [0.05, 0.1) is 35.9 Å². The average molecular weight is 512 g/mol. The minimum absolute atomic E-state index is 0.0487. The molecule has 0 spiro atoms. The molecule has 1 N–H and O–H groups in total. The number of aliphatic hydroxyl groups excluding tert-OH is 1. The van der Waals surface area contributed by atoms with Gasteiger partial charge in [0.2, 0.25) is 0 Å². The van der Waals surface area contributed by atoms with Crippen molar-refractivity contribution in [3.8, 4) is 11.5 Å². The molecule has 1 heterocycles. The van der Waals surface area contributed by atoms with Crippen LogP contribution in [0.2, 0.25) is 10.0 Å². The number of halogens is 2. The summed E-state index contributed by atoms with van der Waals surface area (Å²) in [6.45, 7) is 2.04. The van der Waals surface area contributed by atoms with E-state index in [2.05, 4.69) is 0 Å². The van der Waals surface area contributed by atoms with Crippen LogP contribution in [0.5, 0.6) is 11.5 Å². The predicted molar refractivity (Wildman–Crippen MR) is 137 cm³/mol. The number of hydrogen-bond donors (Lipinski definition) is 1. The number of anilines is 1. The van der Waals surface area contributed by atoms with Gasteiger partial charge in [-0.05, 0) is 47.9 Å². The third-order valence-corrected chi connectivity index (χ3v) is 6.73. The summed E-state index contributed by atoms with van der Waals surface area (Å²) in [5.74, 6) is -1.05. The number of hydrogen-bond acceptors (Lipinski definition) is 5. The van der Waals surface area contributed by atoms with Crippen LogP contribution in [0.1, 0.15) is 29.7 Å². The molecular formula is C27H23Cl2NO5. The highest BCUT2D eigenvalue weighted by atomic mass is 35.5. The van der Waals surface area contributed by atoms with Gasteiger partial charge in [-0.2, -0.15) is 0 Å². The highest BCUT2D eigenvalue weighted by Gasteiger charge is 2.47. The maximum atomic E-state index is 13.3. The van der Waals surface area contributed by atoms with Crippen LogP contribution >= 0.6 is 23.2 Å². The second-order valence-corrected chi connectivity index (χ2v) is 8.75. The van der Waals surface area contributed by atoms with Crippen molar-refractivity contribution in [1.29, 1.82) is 0 Å². The van der Waals surface area contributed by atoms with Crippen molar-refractivity contribution < 1.29 is 24.2 Å². The van der Waals surface area contributed by atoms with Crippen LogP contribution in [0, 0.1) is 0 Å². The average Bonchev–Trinajstić information content (AvgIpc) is 3.15. The molecule has 0 aliphatic carbocycles. The lowest BCUT2D eigenvalue weighted by Gasteiger charge is -2.26. The SMILES string of the molecule is CCc1ccc(C2/C(=C(\O)c3ccc(Cl)c(Cl)c3)C(=O)C(=O)N2c2ccc(OC)c(OC)c2)cc1. The van der Waals surface area contributed by atoms with Gasteiger partial charge in [-0.3, -0.25) is 14.5 Å². The summed E-state index contributed by atoms with van der Waals surface area (Å²) >= 11 is 12.2. The molecule has 4 rings (SSSR count). The highest BCUT2D eigenvalue weighted by molar-refractivity contribution is 6.51. The van der Waals surface area contributed by atoms with Crippen molar-refractivity contribution >= 4 is 46.3 Å². The Morgan fingerprint density at radius 2 is 1.60 bits per heavy atom. The summed E-state index contributed by atoms with van der Waals surface area (Å²) in [6.07, 6.45) is 0.833. The van der Waals surface area contributed by atoms with E-state index >= 15 is 0 Å². The largest absolute Gasteiger partial charge is 0.507 e. The normalized spacial score (nSPS) is 17.1. The van der Waals surface area contributed by atoms with Crippen molar-refractivity contribution in [2.24, 2.45) is 0 Å². The summed E-state index contributed by atoms with van der Waals surface area (Å²) in [5, 5.41) is 11.8. The number of carbonyl (C=O) groups is 2. The third-order valence-electron chi connectivity index (χ3n) is 5.99. The van der Waals surface area contributed by atoms with Crippen LogP contribution in [-0.4, -0.2) is 31.0 Å². The maximum Gasteiger partial charge on any atom is 0.300 e. The number of Topliss-reactive ketones (excluding diaryl/α,β-unsaturated/α-hetero) is 1. The molecule has 0 saturated carbocycles. The van der Waals surface area contributed by atoms with Crippen molar-refractivity contribution in [2.75, 3.05) is 19.1 Å². The molecule has 1 aliphatic heterocycles. The number of aryl methyl sites for hydroxylation is 1. The smallest absolute Gasteiger partial charge is 0.300 e. The summed E-state index contributed by atoms with van der Waals surface area (Å²) in [5.41, 5.74) is 2.41. The van der Waals surface area contributed by atoms with Gasteiger partial charge < -0.3 is 14.6 Å². The minimum Gasteiger partial charge on any atom is -0.507 e. The number of benzene rings is 3. The van der Waals surface area contributed by atoms with E-state index in [-0.39, 0.29) is 21.9 Å². The van der Waals surface area contributed by atoms with Gasteiger partial charge in [0.1, 0.15) is 5.76 Å². The number of ether oxygens (including phenoxy) is 2. The maximum absolute atomic E-state index is 13.3. The number of rotatable bonds is 6. The first-order valence-corrected chi connectivity index (χ1v) is 11.6. The van der Waals surface area contributed by atoms with Gasteiger partial charge in [-0.25, -0.2) is 0 Å². The fourth-order valence-corrected chi connectivity index (χ4v) is 4.42. The quantitative estimate of drug-likeness (QED) is 0.242. The number of nitrogens with zero attached hydrogens (tertiary/aromatic N) is 1. The van der Waals surface area contributed by atoms with Crippen molar-refractivity contribution in [1.82, 2.24) is 0 Å². The number of carbonyl (C=O) groups excluding carboxylic acids is 2. The third kappa shape index (κ3) is 4.47. The molecule has 0 radical (unpaired) electrons. The zero-order valence-corrected chi connectivity index (χ0v) is 20.9. The summed E-state index contributed by atoms with van der Waals surface area (Å²) < 4.78 is 10.7. The number of aliphatic hydroxyl groups is 1. The molecule has 1 unspecified atom stereocenters. The van der Waals surface area contributed by atoms with E-state index in [4.69, 9.17) is 32.7 Å². The van der Waals surface area contributed by atoms with Gasteiger partial charge in [-0.1, -0.05) is 54.4 Å². The Morgan fingerprint density at radius 3 is 2.20 bits per heavy atom. The monoisotopic (exact) mass is 511 g/mol. The van der Waals surface area contributed by atoms with Gasteiger partial charge >= 0.3 is 0 Å². The van der Waals surface area contributed by atoms with Crippen LogP contribution in [0.25, 0.3) is 5.76 Å². The van der Waals surface area contributed by atoms with Crippen LogP contribution < -0.4 is 14.4 Å². The van der Waals surface area contributed by atoms with E-state index in [0.717, 1.165) is 12.0 Å². The molecular weight excluding hydrogens is 489 g/mol. The van der Waals surface area contributed by atoms with Gasteiger partial charge in [0.25, 0.3) is 11.7 Å². The minimum atomic E-state index is -0.881. The molecule has 8 heteroatoms. The van der Waals surface area contributed by atoms with E-state index in [0.29, 0.717) is 27.8 Å². The van der Waals surface area contributed by atoms with Gasteiger partial charge in [0.15, 0.2) is 11.5 Å². The van der Waals surface area contributed by atoms with E-state index < -0.39 is 17.7 Å². The molecule has 1 atom stereocenters. The molecule has 0 bridgehead atoms. The molecule has 180 valence electrons. The lowest BCUT2D eigenvalue weighted by atomic mass is 9.94. The fourth-order valence-electron chi connectivity index (χ4n) is 4.12. The Bertz CT molecular complexity index is 1330. The second-order valence-electron chi connectivity index (χ2n) is 7.93. The van der Waals surface area contributed by atoms with Crippen molar-refractivity contribution in [3.05, 3.63) is 93.0 Å². The Balaban J connectivity index is 1.94. The molecule has 1 fully saturated rings. The molecule has 1 aliphatic rings. The molecule has 3 aromatic rings. The molecule has 1 amide bonds. The first-order chi connectivity index (χ1) is 16.8. The Morgan fingerprint density at radius 1 is 0.914 bits per heavy atom. The Labute approximate surface area is 213 Å². The summed E-state index contributed by atoms with van der Waals surface area (Å²) in [4.78, 5) is 28.0. The van der Waals surface area contributed by atoms with E-state index in [1.165, 1.54) is 31.3 Å². The van der Waals surface area contributed by atoms with Crippen LogP contribution in [0.4, 0.5) is 5.69 Å². The van der Waals surface area contributed by atoms with Crippen LogP contribution in [0.15, 0.2) is 66.2 Å². The fraction of sp³-hybridized carbons (Fsp3) is 0.185. The molecule has 0 aromatic heterocycles. The first-order valence-electron chi connectivity index (χ1n) is 10.9. The zero-order chi connectivity index (χ0) is 25.3. The standard InChI is InChI=1S/C27H23Cl2NO5/c1-4-15-5-7-16(8-6-15)24-23(25(31)17-9-11-19(28)20(29)13-17)26(32)27(33)30(24)18-10-12-21(34-2)22(14-18)35-3/h5-14,24,31H,4H2,1-3H3/b25-23+. The van der Waals surface area contributed by atoms with Crippen LogP contribution in [-0.2, 0) is 16.0 Å². The summed E-state index contributed by atoms with van der Waals surface area (Å²) in [7, 11) is 3.00. The number of amides is 1. The Kier molecular flexibility index (Phi) is 7.05. The van der Waals surface area contributed by atoms with Crippen molar-refractivity contribution in [3.63, 3.8) is 0 Å². The number of methoxy groups -OCH3 is 2. The highest BCUT2D eigenvalue weighted by Crippen LogP contribution is 2.44. The first kappa shape index (κ1) is 24.6. The van der Waals surface area contributed by atoms with Gasteiger partial charge in [-0.15, -0.1) is 0 Å². The molecule has 1 saturated heterocycles. The second kappa shape index (κ2) is 10.0. The predicted octanol–water partition coefficient (Wildman–Crippen LogP) is 6.20. The molecule has 6 nitrogen and oxygen atoms in total. The summed E-state index contributed by atoms with van der Waals surface area (Å²) in [6, 6.07) is 16.2. The van der Waals surface area contributed by atoms with E-state index in [9.17, 15) is 14.7 Å². The lowest BCUT2D eigenvalue weighted by molar-refractivity contribution is -0.132. The number of ketones is 1. The topological polar surface area (TPSA) is 76.1 Å². The van der Waals surface area contributed by atoms with Crippen LogP contribution in [0.3, 0.4) is 0 Å². The molecule has 35 heavy (non-hydrogen) atoms. The van der Waals surface area contributed by atoms with Crippen molar-refractivity contribution in [2.45, 2.75) is 19.4 Å². The van der Waals surface area contributed by atoms with Gasteiger partial charge in [0, 0.05) is 17.3 Å². The van der Waals surface area contributed by atoms with E-state index in [1.54, 1.807) is 24.3 Å². The zero-order valence-electron chi connectivity index (χ0n) is 19.3. The Hall–Kier alpha value is -3.48. The lowest BCUT2D eigenvalue weighted by Crippen LogP contribution is -2.29.